The minimum atomic E-state index is -0.287. The molecule has 0 amide bonds. The van der Waals surface area contributed by atoms with Crippen molar-refractivity contribution < 1.29 is 8.83 Å². The van der Waals surface area contributed by atoms with E-state index in [9.17, 15) is 0 Å². The van der Waals surface area contributed by atoms with Gasteiger partial charge in [-0.15, -0.1) is 0 Å². The van der Waals surface area contributed by atoms with Gasteiger partial charge in [-0.2, -0.15) is 0 Å². The average molecular weight is 878 g/mol. The molecule has 3 aliphatic rings. The van der Waals surface area contributed by atoms with Gasteiger partial charge in [0.15, 0.2) is 0 Å². The number of fused-ring (bicyclic) bond motifs is 17. The van der Waals surface area contributed by atoms with Crippen LogP contribution in [0.25, 0.3) is 88.4 Å². The van der Waals surface area contributed by atoms with E-state index in [2.05, 4.69) is 224 Å². The van der Waals surface area contributed by atoms with Gasteiger partial charge < -0.3 is 13.7 Å². The first-order chi connectivity index (χ1) is 32.8. The van der Waals surface area contributed by atoms with Gasteiger partial charge in [0.1, 0.15) is 22.3 Å². The Kier molecular flexibility index (Phi) is 7.73. The first-order valence-corrected chi connectivity index (χ1v) is 24.2. The van der Waals surface area contributed by atoms with Crippen molar-refractivity contribution in [2.45, 2.75) is 71.6 Å². The molecule has 0 spiro atoms. The third kappa shape index (κ3) is 5.04. The molecule has 0 N–H and O–H groups in total. The molecule has 0 saturated heterocycles. The lowest BCUT2D eigenvalue weighted by atomic mass is 9.79. The van der Waals surface area contributed by atoms with Crippen LogP contribution in [0, 0.1) is 13.8 Å². The molecule has 3 aliphatic carbocycles. The van der Waals surface area contributed by atoms with Gasteiger partial charge in [0.25, 0.3) is 0 Å². The van der Waals surface area contributed by atoms with Crippen molar-refractivity contribution in [2.24, 2.45) is 0 Å². The number of benzene rings is 9. The largest absolute Gasteiger partial charge is 0.456 e. The summed E-state index contributed by atoms with van der Waals surface area (Å²) < 4.78 is 13.3. The maximum Gasteiger partial charge on any atom is 0.143 e. The summed E-state index contributed by atoms with van der Waals surface area (Å²) in [7, 11) is 0. The highest BCUT2D eigenvalue weighted by Crippen LogP contribution is 2.60. The smallest absolute Gasteiger partial charge is 0.143 e. The van der Waals surface area contributed by atoms with Crippen LogP contribution in [-0.4, -0.2) is 0 Å². The van der Waals surface area contributed by atoms with Gasteiger partial charge in [0, 0.05) is 60.4 Å². The molecule has 14 rings (SSSR count). The number of anilines is 3. The molecule has 11 aromatic rings. The molecule has 68 heavy (non-hydrogen) atoms. The summed E-state index contributed by atoms with van der Waals surface area (Å²) >= 11 is 0. The fourth-order valence-electron chi connectivity index (χ4n) is 12.9. The van der Waals surface area contributed by atoms with Crippen molar-refractivity contribution >= 4 is 60.9 Å². The van der Waals surface area contributed by atoms with Crippen LogP contribution in [0.15, 0.2) is 173 Å². The van der Waals surface area contributed by atoms with Gasteiger partial charge in [-0.05, 0) is 164 Å². The summed E-state index contributed by atoms with van der Waals surface area (Å²) in [4.78, 5) is 2.50. The molecule has 0 radical (unpaired) electrons. The molecule has 0 fully saturated rings. The predicted octanol–water partition coefficient (Wildman–Crippen LogP) is 18.2. The lowest BCUT2D eigenvalue weighted by Gasteiger charge is -2.30. The quantitative estimate of drug-likeness (QED) is 0.176. The van der Waals surface area contributed by atoms with Gasteiger partial charge in [0.2, 0.25) is 0 Å². The van der Waals surface area contributed by atoms with Gasteiger partial charge in [0.05, 0.1) is 0 Å². The highest BCUT2D eigenvalue weighted by atomic mass is 16.3. The van der Waals surface area contributed by atoms with Crippen molar-refractivity contribution in [2.75, 3.05) is 4.90 Å². The highest BCUT2D eigenvalue weighted by molar-refractivity contribution is 6.19. The standard InChI is InChI=1S/C65H51NO2/c1-36-17-9-11-19-40(36)46-34-53-58(61-44-21-13-16-24-56(44)68-62(46)61)42-28-26-39(32-50(42)65(53,7)8)66(54-22-14-10-18-37(54)2)38-25-27-41-45-33-52-47(35-51(45)64(5,6)49(41)31-38)59-48(63(52,3)4)29-30-57-60(59)43-20-12-15-23-55(43)67-57/h9-35H,1-8H3. The van der Waals surface area contributed by atoms with E-state index >= 15 is 0 Å². The van der Waals surface area contributed by atoms with Crippen LogP contribution in [0.3, 0.4) is 0 Å². The second kappa shape index (κ2) is 13.3. The molecule has 0 atom stereocenters. The maximum atomic E-state index is 6.83. The molecular weight excluding hydrogens is 827 g/mol. The number of rotatable bonds is 4. The topological polar surface area (TPSA) is 29.5 Å². The molecule has 2 heterocycles. The zero-order chi connectivity index (χ0) is 46.2. The van der Waals surface area contributed by atoms with E-state index in [1.807, 2.05) is 0 Å². The highest BCUT2D eigenvalue weighted by Gasteiger charge is 2.44. The van der Waals surface area contributed by atoms with Crippen molar-refractivity contribution in [1.82, 2.24) is 0 Å². The normalized spacial score (nSPS) is 15.4. The minimum Gasteiger partial charge on any atom is -0.456 e. The van der Waals surface area contributed by atoms with E-state index in [4.69, 9.17) is 8.83 Å². The maximum absolute atomic E-state index is 6.83. The van der Waals surface area contributed by atoms with E-state index in [-0.39, 0.29) is 16.2 Å². The zero-order valence-electron chi connectivity index (χ0n) is 39.9. The fraction of sp³-hybridized carbons (Fsp3) is 0.169. The Balaban J connectivity index is 0.937. The van der Waals surface area contributed by atoms with Crippen molar-refractivity contribution in [1.29, 1.82) is 0 Å². The Morgan fingerprint density at radius 1 is 0.353 bits per heavy atom. The van der Waals surface area contributed by atoms with E-state index in [1.54, 1.807) is 0 Å². The van der Waals surface area contributed by atoms with Crippen LogP contribution >= 0.6 is 0 Å². The SMILES string of the molecule is Cc1ccccc1-c1cc2c(c3c1oc1ccccc13)-c1ccc(N(c3ccc4c(c3)C(C)(C)c3cc5c(cc3-4)C(C)(C)c3ccc4oc6ccccc6c4c3-5)c3ccccc3C)cc1C2(C)C. The Hall–Kier alpha value is -7.62. The molecule has 3 heteroatoms. The first kappa shape index (κ1) is 39.5. The molecule has 0 aliphatic heterocycles. The van der Waals surface area contributed by atoms with E-state index in [1.165, 1.54) is 105 Å². The van der Waals surface area contributed by atoms with Crippen LogP contribution in [0.1, 0.15) is 86.1 Å². The van der Waals surface area contributed by atoms with E-state index < -0.39 is 0 Å². The Bertz CT molecular complexity index is 4040. The summed E-state index contributed by atoms with van der Waals surface area (Å²) in [6, 6.07) is 61.0. The number of hydrogen-bond acceptors (Lipinski definition) is 3. The van der Waals surface area contributed by atoms with Gasteiger partial charge in [-0.25, -0.2) is 0 Å². The van der Waals surface area contributed by atoms with Gasteiger partial charge in [-0.3, -0.25) is 0 Å². The van der Waals surface area contributed by atoms with E-state index in [0.717, 1.165) is 44.7 Å². The van der Waals surface area contributed by atoms with E-state index in [0.29, 0.717) is 0 Å². The summed E-state index contributed by atoms with van der Waals surface area (Å²) in [5, 5.41) is 4.77. The second-order valence-corrected chi connectivity index (χ2v) is 21.3. The third-order valence-electron chi connectivity index (χ3n) is 16.5. The summed E-state index contributed by atoms with van der Waals surface area (Å²) in [6.07, 6.45) is 0. The zero-order valence-corrected chi connectivity index (χ0v) is 39.9. The van der Waals surface area contributed by atoms with Crippen LogP contribution in [-0.2, 0) is 16.2 Å². The molecule has 0 unspecified atom stereocenters. The van der Waals surface area contributed by atoms with Gasteiger partial charge >= 0.3 is 0 Å². The Labute approximate surface area is 397 Å². The summed E-state index contributed by atoms with van der Waals surface area (Å²) in [5.41, 5.74) is 27.4. The van der Waals surface area contributed by atoms with Crippen molar-refractivity contribution in [3.8, 4) is 44.5 Å². The number of hydrogen-bond donors (Lipinski definition) is 0. The van der Waals surface area contributed by atoms with Gasteiger partial charge in [-0.1, -0.05) is 139 Å². The van der Waals surface area contributed by atoms with Crippen LogP contribution in [0.4, 0.5) is 17.1 Å². The number of nitrogens with zero attached hydrogens (tertiary/aromatic N) is 1. The molecule has 9 aromatic carbocycles. The van der Waals surface area contributed by atoms with Crippen LogP contribution in [0.2, 0.25) is 0 Å². The number of para-hydroxylation sites is 3. The van der Waals surface area contributed by atoms with Crippen LogP contribution < -0.4 is 4.90 Å². The fourth-order valence-corrected chi connectivity index (χ4v) is 12.9. The van der Waals surface area contributed by atoms with Crippen LogP contribution in [0.5, 0.6) is 0 Å². The lowest BCUT2D eigenvalue weighted by Crippen LogP contribution is -2.18. The molecule has 3 nitrogen and oxygen atoms in total. The van der Waals surface area contributed by atoms with Crippen molar-refractivity contribution in [3.63, 3.8) is 0 Å². The summed E-state index contributed by atoms with van der Waals surface area (Å²) in [5.74, 6) is 0. The van der Waals surface area contributed by atoms with Crippen molar-refractivity contribution in [3.05, 3.63) is 208 Å². The molecular formula is C65H51NO2. The Morgan fingerprint density at radius 3 is 1.62 bits per heavy atom. The molecule has 2 aromatic heterocycles. The minimum absolute atomic E-state index is 0.166. The first-order valence-electron chi connectivity index (χ1n) is 24.2. The lowest BCUT2D eigenvalue weighted by molar-refractivity contribution is 0.651. The molecule has 0 bridgehead atoms. The Morgan fingerprint density at radius 2 is 0.882 bits per heavy atom. The predicted molar refractivity (Wildman–Crippen MR) is 283 cm³/mol. The average Bonchev–Trinajstić information content (AvgIpc) is 4.08. The monoisotopic (exact) mass is 877 g/mol. The second-order valence-electron chi connectivity index (χ2n) is 21.3. The number of furan rings is 2. The third-order valence-corrected chi connectivity index (χ3v) is 16.5. The summed E-state index contributed by atoms with van der Waals surface area (Å²) in [6.45, 7) is 18.9. The molecule has 0 saturated carbocycles. The molecule has 328 valence electrons. The number of aryl methyl sites for hydroxylation is 2.